The minimum absolute atomic E-state index is 0.142. The summed E-state index contributed by atoms with van der Waals surface area (Å²) in [5.74, 6) is 0. The number of nitrogens with zero attached hydrogens (tertiary/aromatic N) is 2. The van der Waals surface area contributed by atoms with Gasteiger partial charge in [0, 0.05) is 4.47 Å². The first-order chi connectivity index (χ1) is 11.7. The molecule has 0 atom stereocenters. The molecule has 0 bridgehead atoms. The maximum atomic E-state index is 13.2. The maximum absolute atomic E-state index is 13.2. The number of imidazole rings is 1. The fourth-order valence-corrected chi connectivity index (χ4v) is 3.32. The van der Waals surface area contributed by atoms with E-state index in [0.717, 1.165) is 21.2 Å². The van der Waals surface area contributed by atoms with E-state index in [0.29, 0.717) is 11.4 Å². The number of hydrogen-bond donors (Lipinski definition) is 1. The van der Waals surface area contributed by atoms with Crippen molar-refractivity contribution in [1.82, 2.24) is 9.13 Å². The molecule has 3 aromatic carbocycles. The molecule has 0 aliphatic heterocycles. The van der Waals surface area contributed by atoms with Gasteiger partial charge in [-0.25, -0.2) is 4.79 Å². The molecule has 24 heavy (non-hydrogen) atoms. The lowest BCUT2D eigenvalue weighted by Gasteiger charge is -2.07. The third kappa shape index (κ3) is 2.25. The molecule has 0 saturated carbocycles. The van der Waals surface area contributed by atoms with Crippen molar-refractivity contribution < 1.29 is 0 Å². The first kappa shape index (κ1) is 14.8. The highest BCUT2D eigenvalue weighted by Crippen LogP contribution is 2.26. The summed E-state index contributed by atoms with van der Waals surface area (Å²) in [5.41, 5.74) is 9.73. The minimum Gasteiger partial charge on any atom is -0.397 e. The van der Waals surface area contributed by atoms with Crippen molar-refractivity contribution in [3.63, 3.8) is 0 Å². The second-order valence-corrected chi connectivity index (χ2v) is 6.40. The SMILES string of the molecule is Nc1cc(Br)ccc1-n1c(=O)n(-c2ccccc2)c2ccccc21. The van der Waals surface area contributed by atoms with Crippen LogP contribution in [0.4, 0.5) is 5.69 Å². The highest BCUT2D eigenvalue weighted by atomic mass is 79.9. The third-order valence-corrected chi connectivity index (χ3v) is 4.48. The Hall–Kier alpha value is -2.79. The van der Waals surface area contributed by atoms with Crippen LogP contribution in [0, 0.1) is 0 Å². The van der Waals surface area contributed by atoms with Gasteiger partial charge in [-0.2, -0.15) is 0 Å². The number of halogens is 1. The van der Waals surface area contributed by atoms with E-state index in [2.05, 4.69) is 15.9 Å². The number of hydrogen-bond acceptors (Lipinski definition) is 2. The van der Waals surface area contributed by atoms with Gasteiger partial charge in [-0.3, -0.25) is 9.13 Å². The van der Waals surface area contributed by atoms with E-state index in [1.165, 1.54) is 0 Å². The van der Waals surface area contributed by atoms with Crippen LogP contribution in [0.25, 0.3) is 22.4 Å². The standard InChI is InChI=1S/C19H14BrN3O/c20-13-10-11-16(15(21)12-13)23-18-9-5-4-8-17(18)22(19(23)24)14-6-2-1-3-7-14/h1-12H,21H2. The fraction of sp³-hybridized carbons (Fsp3) is 0. The van der Waals surface area contributed by atoms with Crippen LogP contribution in [-0.4, -0.2) is 9.13 Å². The highest BCUT2D eigenvalue weighted by Gasteiger charge is 2.16. The van der Waals surface area contributed by atoms with E-state index in [9.17, 15) is 4.79 Å². The molecule has 0 spiro atoms. The average molecular weight is 380 g/mol. The summed E-state index contributed by atoms with van der Waals surface area (Å²) in [5, 5.41) is 0. The van der Waals surface area contributed by atoms with Crippen LogP contribution in [0.15, 0.2) is 82.1 Å². The third-order valence-electron chi connectivity index (χ3n) is 3.99. The quantitative estimate of drug-likeness (QED) is 0.532. The smallest absolute Gasteiger partial charge is 0.338 e. The Balaban J connectivity index is 2.11. The fourth-order valence-electron chi connectivity index (χ4n) is 2.94. The van der Waals surface area contributed by atoms with Crippen molar-refractivity contribution >= 4 is 32.7 Å². The second kappa shape index (κ2) is 5.69. The molecule has 5 heteroatoms. The number of aromatic nitrogens is 2. The molecule has 118 valence electrons. The minimum atomic E-state index is -0.142. The van der Waals surface area contributed by atoms with Gasteiger partial charge < -0.3 is 5.73 Å². The summed E-state index contributed by atoms with van der Waals surface area (Å²) in [7, 11) is 0. The van der Waals surface area contributed by atoms with Crippen LogP contribution in [0.1, 0.15) is 0 Å². The topological polar surface area (TPSA) is 52.9 Å². The van der Waals surface area contributed by atoms with Crippen LogP contribution >= 0.6 is 15.9 Å². The molecule has 4 rings (SSSR count). The van der Waals surface area contributed by atoms with Gasteiger partial charge in [0.1, 0.15) is 0 Å². The zero-order valence-electron chi connectivity index (χ0n) is 12.7. The number of fused-ring (bicyclic) bond motifs is 1. The van der Waals surface area contributed by atoms with Gasteiger partial charge in [0.25, 0.3) is 0 Å². The van der Waals surface area contributed by atoms with Crippen LogP contribution in [0.5, 0.6) is 0 Å². The van der Waals surface area contributed by atoms with Crippen LogP contribution in [0.2, 0.25) is 0 Å². The van der Waals surface area contributed by atoms with E-state index in [-0.39, 0.29) is 5.69 Å². The molecule has 0 fully saturated rings. The summed E-state index contributed by atoms with van der Waals surface area (Å²) in [6.07, 6.45) is 0. The predicted octanol–water partition coefficient (Wildman–Crippen LogP) is 4.13. The lowest BCUT2D eigenvalue weighted by molar-refractivity contribution is 0.932. The predicted molar refractivity (Wildman–Crippen MR) is 101 cm³/mol. The average Bonchev–Trinajstić information content (AvgIpc) is 2.88. The van der Waals surface area contributed by atoms with Crippen molar-refractivity contribution in [3.05, 3.63) is 87.8 Å². The molecule has 2 N–H and O–H groups in total. The van der Waals surface area contributed by atoms with Gasteiger partial charge in [-0.05, 0) is 42.5 Å². The van der Waals surface area contributed by atoms with Crippen molar-refractivity contribution in [3.8, 4) is 11.4 Å². The zero-order valence-corrected chi connectivity index (χ0v) is 14.3. The molecule has 4 aromatic rings. The van der Waals surface area contributed by atoms with Crippen molar-refractivity contribution in [2.75, 3.05) is 5.73 Å². The second-order valence-electron chi connectivity index (χ2n) is 5.48. The van der Waals surface area contributed by atoms with Gasteiger partial charge in [0.2, 0.25) is 0 Å². The van der Waals surface area contributed by atoms with E-state index >= 15 is 0 Å². The molecule has 4 nitrogen and oxygen atoms in total. The van der Waals surface area contributed by atoms with Gasteiger partial charge >= 0.3 is 5.69 Å². The number of benzene rings is 3. The Bertz CT molecular complexity index is 1100. The molecule has 1 heterocycles. The van der Waals surface area contributed by atoms with Crippen molar-refractivity contribution in [2.24, 2.45) is 0 Å². The van der Waals surface area contributed by atoms with E-state index in [1.807, 2.05) is 66.7 Å². The Labute approximate surface area is 146 Å². The molecule has 0 amide bonds. The normalized spacial score (nSPS) is 11.0. The molecule has 0 radical (unpaired) electrons. The molecule has 1 aromatic heterocycles. The van der Waals surface area contributed by atoms with Gasteiger partial charge in [-0.1, -0.05) is 46.3 Å². The van der Waals surface area contributed by atoms with E-state index < -0.39 is 0 Å². The molecular formula is C19H14BrN3O. The summed E-state index contributed by atoms with van der Waals surface area (Å²) in [6, 6.07) is 22.9. The summed E-state index contributed by atoms with van der Waals surface area (Å²) < 4.78 is 4.24. The number of nitrogen functional groups attached to an aromatic ring is 1. The lowest BCUT2D eigenvalue weighted by atomic mass is 10.2. The summed E-state index contributed by atoms with van der Waals surface area (Å²) >= 11 is 3.41. The Morgan fingerprint density at radius 2 is 1.42 bits per heavy atom. The van der Waals surface area contributed by atoms with Crippen LogP contribution < -0.4 is 11.4 Å². The largest absolute Gasteiger partial charge is 0.397 e. The Kier molecular flexibility index (Phi) is 3.50. The molecule has 0 aliphatic rings. The van der Waals surface area contributed by atoms with Crippen LogP contribution in [0.3, 0.4) is 0 Å². The summed E-state index contributed by atoms with van der Waals surface area (Å²) in [6.45, 7) is 0. The molecule has 0 saturated heterocycles. The number of nitrogens with two attached hydrogens (primary N) is 1. The van der Waals surface area contributed by atoms with Crippen molar-refractivity contribution in [2.45, 2.75) is 0 Å². The molecule has 0 unspecified atom stereocenters. The van der Waals surface area contributed by atoms with Gasteiger partial charge in [0.15, 0.2) is 0 Å². The lowest BCUT2D eigenvalue weighted by Crippen LogP contribution is -2.22. The van der Waals surface area contributed by atoms with E-state index in [4.69, 9.17) is 5.73 Å². The number of para-hydroxylation sites is 3. The first-order valence-corrected chi connectivity index (χ1v) is 8.29. The zero-order chi connectivity index (χ0) is 16.7. The maximum Gasteiger partial charge on any atom is 0.338 e. The molecular weight excluding hydrogens is 366 g/mol. The van der Waals surface area contributed by atoms with Gasteiger partial charge in [-0.15, -0.1) is 0 Å². The Morgan fingerprint density at radius 1 is 0.792 bits per heavy atom. The van der Waals surface area contributed by atoms with E-state index in [1.54, 1.807) is 15.2 Å². The number of rotatable bonds is 2. The Morgan fingerprint density at radius 3 is 2.08 bits per heavy atom. The molecule has 0 aliphatic carbocycles. The highest BCUT2D eigenvalue weighted by molar-refractivity contribution is 9.10. The summed E-state index contributed by atoms with van der Waals surface area (Å²) in [4.78, 5) is 13.2. The van der Waals surface area contributed by atoms with Gasteiger partial charge in [0.05, 0.1) is 28.1 Å². The van der Waals surface area contributed by atoms with Crippen LogP contribution in [-0.2, 0) is 0 Å². The first-order valence-electron chi connectivity index (χ1n) is 7.50. The number of anilines is 1. The van der Waals surface area contributed by atoms with Crippen molar-refractivity contribution in [1.29, 1.82) is 0 Å². The monoisotopic (exact) mass is 379 g/mol.